The molecule has 4 nitrogen and oxygen atoms in total. The summed E-state index contributed by atoms with van der Waals surface area (Å²) >= 11 is 0. The molecule has 27 heavy (non-hydrogen) atoms. The fraction of sp³-hybridized carbons (Fsp3) is 0.300. The SMILES string of the molecule is CC[C@@H](NC(=O)CNC(=O)c1ccc(C(F)(F)F)cc1)c1ccc(C)cc1. The lowest BCUT2D eigenvalue weighted by molar-refractivity contribution is -0.137. The van der Waals surface area contributed by atoms with Gasteiger partial charge in [-0.25, -0.2) is 0 Å². The summed E-state index contributed by atoms with van der Waals surface area (Å²) in [6.45, 7) is 3.65. The highest BCUT2D eigenvalue weighted by Gasteiger charge is 2.30. The molecule has 1 atom stereocenters. The second kappa shape index (κ2) is 8.70. The Balaban J connectivity index is 1.90. The van der Waals surface area contributed by atoms with Gasteiger partial charge in [0.2, 0.25) is 5.91 Å². The number of hydrogen-bond donors (Lipinski definition) is 2. The molecule has 0 fully saturated rings. The van der Waals surface area contributed by atoms with Crippen LogP contribution in [0.4, 0.5) is 13.2 Å². The van der Waals surface area contributed by atoms with Gasteiger partial charge in [-0.15, -0.1) is 0 Å². The highest BCUT2D eigenvalue weighted by atomic mass is 19.4. The van der Waals surface area contributed by atoms with Crippen LogP contribution in [0.15, 0.2) is 48.5 Å². The smallest absolute Gasteiger partial charge is 0.348 e. The van der Waals surface area contributed by atoms with Crippen molar-refractivity contribution in [2.24, 2.45) is 0 Å². The van der Waals surface area contributed by atoms with Crippen molar-refractivity contribution < 1.29 is 22.8 Å². The Morgan fingerprint density at radius 3 is 2.11 bits per heavy atom. The molecule has 0 saturated carbocycles. The van der Waals surface area contributed by atoms with E-state index in [1.165, 1.54) is 0 Å². The Morgan fingerprint density at radius 1 is 1.00 bits per heavy atom. The van der Waals surface area contributed by atoms with Crippen LogP contribution in [0.2, 0.25) is 0 Å². The van der Waals surface area contributed by atoms with Crippen molar-refractivity contribution in [2.75, 3.05) is 6.54 Å². The number of amides is 2. The van der Waals surface area contributed by atoms with Gasteiger partial charge in [0.05, 0.1) is 18.2 Å². The number of rotatable bonds is 6. The fourth-order valence-electron chi connectivity index (χ4n) is 2.54. The van der Waals surface area contributed by atoms with E-state index in [4.69, 9.17) is 0 Å². The van der Waals surface area contributed by atoms with E-state index in [1.54, 1.807) is 0 Å². The monoisotopic (exact) mass is 378 g/mol. The Labute approximate surface area is 155 Å². The fourth-order valence-corrected chi connectivity index (χ4v) is 2.54. The third-order valence-electron chi connectivity index (χ3n) is 4.11. The van der Waals surface area contributed by atoms with Gasteiger partial charge in [0.25, 0.3) is 5.91 Å². The van der Waals surface area contributed by atoms with Gasteiger partial charge in [-0.1, -0.05) is 36.8 Å². The van der Waals surface area contributed by atoms with E-state index < -0.39 is 17.6 Å². The molecule has 0 bridgehead atoms. The third-order valence-corrected chi connectivity index (χ3v) is 4.11. The number of benzene rings is 2. The number of alkyl halides is 3. The Morgan fingerprint density at radius 2 is 1.59 bits per heavy atom. The minimum Gasteiger partial charge on any atom is -0.348 e. The van der Waals surface area contributed by atoms with E-state index in [9.17, 15) is 22.8 Å². The summed E-state index contributed by atoms with van der Waals surface area (Å²) in [5.41, 5.74) is 1.30. The second-order valence-corrected chi connectivity index (χ2v) is 6.20. The maximum atomic E-state index is 12.5. The largest absolute Gasteiger partial charge is 0.416 e. The van der Waals surface area contributed by atoms with Gasteiger partial charge in [-0.3, -0.25) is 9.59 Å². The molecule has 0 aliphatic rings. The number of carbonyl (C=O) groups excluding carboxylic acids is 2. The first-order valence-corrected chi connectivity index (χ1v) is 8.52. The minimum absolute atomic E-state index is 0.0568. The van der Waals surface area contributed by atoms with Gasteiger partial charge in [0.1, 0.15) is 0 Å². The van der Waals surface area contributed by atoms with Crippen molar-refractivity contribution >= 4 is 11.8 Å². The first-order valence-electron chi connectivity index (χ1n) is 8.52. The van der Waals surface area contributed by atoms with Gasteiger partial charge in [0.15, 0.2) is 0 Å². The van der Waals surface area contributed by atoms with Crippen molar-refractivity contribution in [2.45, 2.75) is 32.5 Å². The zero-order valence-electron chi connectivity index (χ0n) is 15.1. The average molecular weight is 378 g/mol. The van der Waals surface area contributed by atoms with Crippen LogP contribution in [-0.2, 0) is 11.0 Å². The van der Waals surface area contributed by atoms with Crippen LogP contribution in [0.3, 0.4) is 0 Å². The molecule has 0 spiro atoms. The maximum absolute atomic E-state index is 12.5. The lowest BCUT2D eigenvalue weighted by atomic mass is 10.0. The molecule has 0 aliphatic carbocycles. The molecule has 0 aromatic heterocycles. The Bertz CT molecular complexity index is 784. The first-order chi connectivity index (χ1) is 12.7. The van der Waals surface area contributed by atoms with Gasteiger partial charge in [0, 0.05) is 5.56 Å². The predicted octanol–water partition coefficient (Wildman–Crippen LogP) is 4.01. The molecule has 2 amide bonds. The molecule has 0 aliphatic heterocycles. The second-order valence-electron chi connectivity index (χ2n) is 6.20. The van der Waals surface area contributed by atoms with Crippen LogP contribution < -0.4 is 10.6 Å². The van der Waals surface area contributed by atoms with E-state index in [1.807, 2.05) is 38.1 Å². The van der Waals surface area contributed by atoms with Crippen LogP contribution in [0.1, 0.15) is 46.4 Å². The van der Waals surface area contributed by atoms with Gasteiger partial charge < -0.3 is 10.6 Å². The molecule has 0 heterocycles. The summed E-state index contributed by atoms with van der Waals surface area (Å²) in [5, 5.41) is 5.25. The molecule has 2 aromatic carbocycles. The summed E-state index contributed by atoms with van der Waals surface area (Å²) < 4.78 is 37.6. The third kappa shape index (κ3) is 5.84. The van der Waals surface area contributed by atoms with Crippen molar-refractivity contribution in [3.8, 4) is 0 Å². The molecule has 0 unspecified atom stereocenters. The highest BCUT2D eigenvalue weighted by molar-refractivity contribution is 5.96. The minimum atomic E-state index is -4.46. The average Bonchev–Trinajstić information content (AvgIpc) is 2.64. The van der Waals surface area contributed by atoms with Crippen LogP contribution >= 0.6 is 0 Å². The Hall–Kier alpha value is -2.83. The predicted molar refractivity (Wildman–Crippen MR) is 96.1 cm³/mol. The summed E-state index contributed by atoms with van der Waals surface area (Å²) in [4.78, 5) is 24.1. The Kier molecular flexibility index (Phi) is 6.60. The summed E-state index contributed by atoms with van der Waals surface area (Å²) in [5.74, 6) is -0.982. The molecule has 2 aromatic rings. The topological polar surface area (TPSA) is 58.2 Å². The van der Waals surface area contributed by atoms with E-state index in [-0.39, 0.29) is 24.1 Å². The molecule has 7 heteroatoms. The van der Waals surface area contributed by atoms with E-state index in [2.05, 4.69) is 10.6 Å². The highest BCUT2D eigenvalue weighted by Crippen LogP contribution is 2.29. The van der Waals surface area contributed by atoms with Crippen LogP contribution in [0.5, 0.6) is 0 Å². The van der Waals surface area contributed by atoms with Crippen molar-refractivity contribution in [1.29, 1.82) is 0 Å². The van der Waals surface area contributed by atoms with Crippen molar-refractivity contribution in [3.63, 3.8) is 0 Å². The van der Waals surface area contributed by atoms with E-state index in [0.29, 0.717) is 6.42 Å². The van der Waals surface area contributed by atoms with E-state index in [0.717, 1.165) is 35.4 Å². The van der Waals surface area contributed by atoms with E-state index >= 15 is 0 Å². The lowest BCUT2D eigenvalue weighted by Gasteiger charge is -2.18. The van der Waals surface area contributed by atoms with Crippen LogP contribution in [-0.4, -0.2) is 18.4 Å². The normalized spacial score (nSPS) is 12.3. The zero-order valence-corrected chi connectivity index (χ0v) is 15.1. The van der Waals surface area contributed by atoms with Gasteiger partial charge in [-0.05, 0) is 43.2 Å². The van der Waals surface area contributed by atoms with Crippen LogP contribution in [0, 0.1) is 6.92 Å². The molecular formula is C20H21F3N2O2. The molecular weight excluding hydrogens is 357 g/mol. The van der Waals surface area contributed by atoms with Gasteiger partial charge in [-0.2, -0.15) is 13.2 Å². The molecule has 2 N–H and O–H groups in total. The zero-order chi connectivity index (χ0) is 20.0. The summed E-state index contributed by atoms with van der Waals surface area (Å²) in [7, 11) is 0. The van der Waals surface area contributed by atoms with Crippen molar-refractivity contribution in [1.82, 2.24) is 10.6 Å². The molecule has 0 saturated heterocycles. The maximum Gasteiger partial charge on any atom is 0.416 e. The quantitative estimate of drug-likeness (QED) is 0.798. The summed E-state index contributed by atoms with van der Waals surface area (Å²) in [6, 6.07) is 11.4. The molecule has 2 rings (SSSR count). The van der Waals surface area contributed by atoms with Crippen LogP contribution in [0.25, 0.3) is 0 Å². The standard InChI is InChI=1S/C20H21F3N2O2/c1-3-17(14-6-4-13(2)5-7-14)25-18(26)12-24-19(27)15-8-10-16(11-9-15)20(21,22)23/h4-11,17H,3,12H2,1-2H3,(H,24,27)(H,25,26)/t17-/m1/s1. The summed E-state index contributed by atoms with van der Waals surface area (Å²) in [6.07, 6.45) is -3.78. The molecule has 144 valence electrons. The first kappa shape index (κ1) is 20.5. The van der Waals surface area contributed by atoms with Gasteiger partial charge >= 0.3 is 6.18 Å². The number of carbonyl (C=O) groups is 2. The number of nitrogens with one attached hydrogen (secondary N) is 2. The van der Waals surface area contributed by atoms with Crippen molar-refractivity contribution in [3.05, 3.63) is 70.8 Å². The molecule has 0 radical (unpaired) electrons. The lowest BCUT2D eigenvalue weighted by Crippen LogP contribution is -2.38. The number of hydrogen-bond acceptors (Lipinski definition) is 2. The number of halogens is 3. The number of aryl methyl sites for hydroxylation is 1.